The summed E-state index contributed by atoms with van der Waals surface area (Å²) in [5.74, 6) is 0.833. The molecule has 1 aliphatic rings. The van der Waals surface area contributed by atoms with Crippen molar-refractivity contribution >= 4 is 28.3 Å². The number of aryl methyl sites for hydroxylation is 1. The minimum atomic E-state index is -0.0309. The number of nitrogens with one attached hydrogen (secondary N) is 3. The van der Waals surface area contributed by atoms with Crippen LogP contribution < -0.4 is 15.8 Å². The standard InChI is InChI=1S/C21H24N6O/c1-2-14-5-6-15-18(12-14)26-11-9-19(15)28-13-21(24)27-20(23)8-7-16(22)17-4-3-10-25-17/h4-9,11-12,22,25H,2-3,10,13H2,1H3,(H3,23,24,27)/b8-7-,22-16?. The fourth-order valence-electron chi connectivity index (χ4n) is 2.84. The number of fused-ring (bicyclic) bond motifs is 1. The number of nitrogens with zero attached hydrogens (tertiary/aromatic N) is 2. The van der Waals surface area contributed by atoms with Crippen molar-refractivity contribution in [3.8, 4) is 5.75 Å². The first-order valence-electron chi connectivity index (χ1n) is 9.20. The molecule has 7 heteroatoms. The third kappa shape index (κ3) is 4.82. The second-order valence-corrected chi connectivity index (χ2v) is 6.37. The Kier molecular flexibility index (Phi) is 6.16. The SMILES string of the molecule is CCc1ccc2c(OCC(N)=NC(=N)/C=C\C(=N)C3=CCCN3)ccnc2c1. The molecule has 7 nitrogen and oxygen atoms in total. The van der Waals surface area contributed by atoms with Crippen LogP contribution >= 0.6 is 0 Å². The van der Waals surface area contributed by atoms with E-state index >= 15 is 0 Å². The van der Waals surface area contributed by atoms with Gasteiger partial charge in [0.1, 0.15) is 24.0 Å². The lowest BCUT2D eigenvalue weighted by atomic mass is 10.1. The maximum absolute atomic E-state index is 7.94. The van der Waals surface area contributed by atoms with Gasteiger partial charge >= 0.3 is 0 Å². The molecule has 2 heterocycles. The monoisotopic (exact) mass is 376 g/mol. The molecule has 2 aromatic rings. The van der Waals surface area contributed by atoms with Gasteiger partial charge in [-0.1, -0.05) is 19.1 Å². The summed E-state index contributed by atoms with van der Waals surface area (Å²) >= 11 is 0. The van der Waals surface area contributed by atoms with Gasteiger partial charge in [-0.25, -0.2) is 4.99 Å². The summed E-state index contributed by atoms with van der Waals surface area (Å²) in [6, 6.07) is 7.88. The molecule has 0 aliphatic carbocycles. The summed E-state index contributed by atoms with van der Waals surface area (Å²) in [4.78, 5) is 8.40. The molecule has 1 aromatic carbocycles. The molecule has 5 N–H and O–H groups in total. The molecule has 0 unspecified atom stereocenters. The highest BCUT2D eigenvalue weighted by atomic mass is 16.5. The lowest BCUT2D eigenvalue weighted by Crippen LogP contribution is -2.22. The largest absolute Gasteiger partial charge is 0.485 e. The molecule has 28 heavy (non-hydrogen) atoms. The predicted octanol–water partition coefficient (Wildman–Crippen LogP) is 2.96. The van der Waals surface area contributed by atoms with Gasteiger partial charge in [0, 0.05) is 18.1 Å². The van der Waals surface area contributed by atoms with Crippen LogP contribution in [0, 0.1) is 10.8 Å². The van der Waals surface area contributed by atoms with Crippen LogP contribution in [0.4, 0.5) is 0 Å². The topological polar surface area (TPSA) is 120 Å². The van der Waals surface area contributed by atoms with Crippen molar-refractivity contribution in [2.24, 2.45) is 10.7 Å². The molecule has 0 radical (unpaired) electrons. The summed E-state index contributed by atoms with van der Waals surface area (Å²) in [7, 11) is 0. The highest BCUT2D eigenvalue weighted by Gasteiger charge is 2.07. The van der Waals surface area contributed by atoms with Gasteiger partial charge in [0.15, 0.2) is 0 Å². The zero-order chi connectivity index (χ0) is 19.9. The Bertz CT molecular complexity index is 990. The lowest BCUT2D eigenvalue weighted by Gasteiger charge is -2.09. The molecule has 0 saturated carbocycles. The number of ether oxygens (including phenoxy) is 1. The minimum Gasteiger partial charge on any atom is -0.485 e. The zero-order valence-corrected chi connectivity index (χ0v) is 15.8. The van der Waals surface area contributed by atoms with Crippen LogP contribution in [0.3, 0.4) is 0 Å². The molecule has 0 spiro atoms. The summed E-state index contributed by atoms with van der Waals surface area (Å²) < 4.78 is 5.78. The second kappa shape index (κ2) is 8.94. The third-order valence-corrected chi connectivity index (χ3v) is 4.32. The summed E-state index contributed by atoms with van der Waals surface area (Å²) in [6.45, 7) is 3.01. The first-order chi connectivity index (χ1) is 13.6. The maximum Gasteiger partial charge on any atom is 0.146 e. The molecule has 0 amide bonds. The van der Waals surface area contributed by atoms with Gasteiger partial charge in [0.05, 0.1) is 16.9 Å². The Hall–Kier alpha value is -3.48. The number of allylic oxidation sites excluding steroid dienone is 1. The zero-order valence-electron chi connectivity index (χ0n) is 15.8. The Morgan fingerprint density at radius 1 is 1.32 bits per heavy atom. The number of hydrogen-bond donors (Lipinski definition) is 4. The van der Waals surface area contributed by atoms with Crippen LogP contribution in [-0.4, -0.2) is 35.5 Å². The van der Waals surface area contributed by atoms with Crippen LogP contribution in [0.2, 0.25) is 0 Å². The number of amidine groups is 2. The smallest absolute Gasteiger partial charge is 0.146 e. The number of benzene rings is 1. The molecule has 144 valence electrons. The van der Waals surface area contributed by atoms with Crippen LogP contribution in [0.15, 0.2) is 59.4 Å². The first-order valence-corrected chi connectivity index (χ1v) is 9.20. The average molecular weight is 376 g/mol. The predicted molar refractivity (Wildman–Crippen MR) is 114 cm³/mol. The first kappa shape index (κ1) is 19.3. The molecular formula is C21H24N6O. The quantitative estimate of drug-likeness (QED) is 0.438. The van der Waals surface area contributed by atoms with Gasteiger partial charge in [-0.05, 0) is 48.8 Å². The van der Waals surface area contributed by atoms with E-state index in [0.717, 1.165) is 36.0 Å². The van der Waals surface area contributed by atoms with E-state index in [0.29, 0.717) is 11.5 Å². The van der Waals surface area contributed by atoms with E-state index in [4.69, 9.17) is 21.3 Å². The van der Waals surface area contributed by atoms with Gasteiger partial charge < -0.3 is 15.8 Å². The number of hydrogen-bond acceptors (Lipinski definition) is 5. The Balaban J connectivity index is 1.61. The van der Waals surface area contributed by atoms with Crippen LogP contribution in [-0.2, 0) is 6.42 Å². The van der Waals surface area contributed by atoms with Crippen molar-refractivity contribution in [1.82, 2.24) is 10.3 Å². The average Bonchev–Trinajstić information content (AvgIpc) is 3.25. The fraction of sp³-hybridized carbons (Fsp3) is 0.238. The molecule has 0 saturated heterocycles. The summed E-state index contributed by atoms with van der Waals surface area (Å²) in [6.07, 6.45) is 8.50. The van der Waals surface area contributed by atoms with Gasteiger partial charge in [0.2, 0.25) is 0 Å². The molecule has 1 aliphatic heterocycles. The van der Waals surface area contributed by atoms with Crippen molar-refractivity contribution in [3.05, 3.63) is 60.0 Å². The van der Waals surface area contributed by atoms with E-state index in [9.17, 15) is 0 Å². The van der Waals surface area contributed by atoms with E-state index in [2.05, 4.69) is 28.3 Å². The van der Waals surface area contributed by atoms with Gasteiger partial charge in [-0.15, -0.1) is 0 Å². The normalized spacial score (nSPS) is 14.2. The molecular weight excluding hydrogens is 352 g/mol. The van der Waals surface area contributed by atoms with Crippen LogP contribution in [0.5, 0.6) is 5.75 Å². The highest BCUT2D eigenvalue weighted by Crippen LogP contribution is 2.24. The van der Waals surface area contributed by atoms with Gasteiger partial charge in [0.25, 0.3) is 0 Å². The van der Waals surface area contributed by atoms with Gasteiger partial charge in [-0.2, -0.15) is 0 Å². The van der Waals surface area contributed by atoms with Crippen LogP contribution in [0.25, 0.3) is 10.9 Å². The third-order valence-electron chi connectivity index (χ3n) is 4.32. The molecule has 1 aromatic heterocycles. The number of aliphatic imine (C=N–C) groups is 1. The van der Waals surface area contributed by atoms with Crippen molar-refractivity contribution in [2.75, 3.05) is 13.2 Å². The van der Waals surface area contributed by atoms with E-state index in [1.54, 1.807) is 12.3 Å². The number of aromatic nitrogens is 1. The molecule has 0 atom stereocenters. The van der Waals surface area contributed by atoms with E-state index < -0.39 is 0 Å². The van der Waals surface area contributed by atoms with Crippen molar-refractivity contribution in [2.45, 2.75) is 19.8 Å². The number of pyridine rings is 1. The molecule has 0 fully saturated rings. The van der Waals surface area contributed by atoms with Crippen molar-refractivity contribution in [3.63, 3.8) is 0 Å². The van der Waals surface area contributed by atoms with Crippen molar-refractivity contribution < 1.29 is 4.74 Å². The summed E-state index contributed by atoms with van der Waals surface area (Å²) in [5.41, 5.74) is 9.08. The van der Waals surface area contributed by atoms with E-state index in [-0.39, 0.29) is 18.3 Å². The molecule has 0 bridgehead atoms. The van der Waals surface area contributed by atoms with E-state index in [1.165, 1.54) is 17.7 Å². The fourth-order valence-corrected chi connectivity index (χ4v) is 2.84. The second-order valence-electron chi connectivity index (χ2n) is 6.37. The number of rotatable bonds is 7. The Labute approximate surface area is 164 Å². The molecule has 3 rings (SSSR count). The Morgan fingerprint density at radius 3 is 2.93 bits per heavy atom. The minimum absolute atomic E-state index is 0.0309. The van der Waals surface area contributed by atoms with Crippen LogP contribution in [0.1, 0.15) is 18.9 Å². The maximum atomic E-state index is 7.94. The highest BCUT2D eigenvalue weighted by molar-refractivity contribution is 6.10. The van der Waals surface area contributed by atoms with Gasteiger partial charge in [-0.3, -0.25) is 15.8 Å². The Morgan fingerprint density at radius 2 is 2.18 bits per heavy atom. The van der Waals surface area contributed by atoms with E-state index in [1.807, 2.05) is 18.2 Å². The summed E-state index contributed by atoms with van der Waals surface area (Å²) in [5, 5.41) is 19.8. The van der Waals surface area contributed by atoms with Crippen molar-refractivity contribution in [1.29, 1.82) is 10.8 Å². The number of nitrogens with two attached hydrogens (primary N) is 1. The lowest BCUT2D eigenvalue weighted by molar-refractivity contribution is 0.379.